The standard InChI is InChI=1S/C15H20N2O3/c1-3-8-16-11(2)12-4-6-13(7-5-12)17-14(18)9-20-10-15(17)19/h4-7,11,16H,3,8-10H2,1-2H3. The van der Waals surface area contributed by atoms with Crippen molar-refractivity contribution in [1.82, 2.24) is 5.32 Å². The lowest BCUT2D eigenvalue weighted by Gasteiger charge is -2.25. The Kier molecular flexibility index (Phi) is 4.87. The van der Waals surface area contributed by atoms with E-state index in [1.807, 2.05) is 12.1 Å². The molecule has 1 unspecified atom stereocenters. The lowest BCUT2D eigenvalue weighted by atomic mass is 10.1. The molecule has 1 aromatic rings. The number of benzene rings is 1. The lowest BCUT2D eigenvalue weighted by Crippen LogP contribution is -2.46. The molecule has 1 aliphatic rings. The van der Waals surface area contributed by atoms with E-state index in [-0.39, 0.29) is 31.1 Å². The molecule has 5 heteroatoms. The summed E-state index contributed by atoms with van der Waals surface area (Å²) in [5, 5.41) is 3.40. The normalized spacial score (nSPS) is 17.4. The number of nitrogens with zero attached hydrogens (tertiary/aromatic N) is 1. The highest BCUT2D eigenvalue weighted by atomic mass is 16.5. The van der Waals surface area contributed by atoms with Crippen molar-refractivity contribution >= 4 is 17.5 Å². The fraction of sp³-hybridized carbons (Fsp3) is 0.467. The number of hydrogen-bond acceptors (Lipinski definition) is 4. The van der Waals surface area contributed by atoms with Crippen LogP contribution in [0.25, 0.3) is 0 Å². The molecule has 0 bridgehead atoms. The van der Waals surface area contributed by atoms with Crippen molar-refractivity contribution in [2.75, 3.05) is 24.7 Å². The quantitative estimate of drug-likeness (QED) is 0.831. The van der Waals surface area contributed by atoms with Gasteiger partial charge in [-0.1, -0.05) is 19.1 Å². The molecule has 5 nitrogen and oxygen atoms in total. The van der Waals surface area contributed by atoms with Gasteiger partial charge in [-0.15, -0.1) is 0 Å². The number of carbonyl (C=O) groups excluding carboxylic acids is 2. The Balaban J connectivity index is 2.11. The average molecular weight is 276 g/mol. The minimum atomic E-state index is -0.314. The van der Waals surface area contributed by atoms with Gasteiger partial charge in [0, 0.05) is 6.04 Å². The molecule has 1 N–H and O–H groups in total. The zero-order valence-electron chi connectivity index (χ0n) is 11.9. The lowest BCUT2D eigenvalue weighted by molar-refractivity contribution is -0.138. The molecule has 1 aliphatic heterocycles. The van der Waals surface area contributed by atoms with E-state index in [1.54, 1.807) is 12.1 Å². The van der Waals surface area contributed by atoms with Crippen molar-refractivity contribution in [3.8, 4) is 0 Å². The summed E-state index contributed by atoms with van der Waals surface area (Å²) < 4.78 is 4.90. The van der Waals surface area contributed by atoms with Gasteiger partial charge < -0.3 is 10.1 Å². The van der Waals surface area contributed by atoms with E-state index in [0.29, 0.717) is 5.69 Å². The van der Waals surface area contributed by atoms with Gasteiger partial charge in [-0.25, -0.2) is 4.90 Å². The van der Waals surface area contributed by atoms with Gasteiger partial charge in [0.15, 0.2) is 0 Å². The third kappa shape index (κ3) is 3.23. The van der Waals surface area contributed by atoms with Gasteiger partial charge in [0.1, 0.15) is 13.2 Å². The Morgan fingerprint density at radius 3 is 2.35 bits per heavy atom. The molecule has 0 aliphatic carbocycles. The van der Waals surface area contributed by atoms with E-state index < -0.39 is 0 Å². The number of carbonyl (C=O) groups is 2. The summed E-state index contributed by atoms with van der Waals surface area (Å²) in [6.45, 7) is 5.10. The first-order valence-corrected chi connectivity index (χ1v) is 6.90. The molecule has 2 amide bonds. The summed E-state index contributed by atoms with van der Waals surface area (Å²) in [6, 6.07) is 7.75. The maximum Gasteiger partial charge on any atom is 0.259 e. The topological polar surface area (TPSA) is 58.6 Å². The van der Waals surface area contributed by atoms with E-state index in [9.17, 15) is 9.59 Å². The predicted molar refractivity (Wildman–Crippen MR) is 76.5 cm³/mol. The Morgan fingerprint density at radius 1 is 1.20 bits per heavy atom. The number of amides is 2. The van der Waals surface area contributed by atoms with Crippen molar-refractivity contribution < 1.29 is 14.3 Å². The van der Waals surface area contributed by atoms with Crippen LogP contribution in [0.1, 0.15) is 31.9 Å². The predicted octanol–water partition coefficient (Wildman–Crippen LogP) is 1.64. The number of imide groups is 1. The van der Waals surface area contributed by atoms with Crippen molar-refractivity contribution in [2.24, 2.45) is 0 Å². The van der Waals surface area contributed by atoms with E-state index in [1.165, 1.54) is 4.90 Å². The molecule has 1 heterocycles. The monoisotopic (exact) mass is 276 g/mol. The highest BCUT2D eigenvalue weighted by molar-refractivity contribution is 6.16. The Morgan fingerprint density at radius 2 is 1.80 bits per heavy atom. The van der Waals surface area contributed by atoms with Crippen molar-refractivity contribution in [1.29, 1.82) is 0 Å². The Hall–Kier alpha value is -1.72. The maximum atomic E-state index is 11.7. The molecule has 20 heavy (non-hydrogen) atoms. The number of nitrogens with one attached hydrogen (secondary N) is 1. The molecule has 1 saturated heterocycles. The zero-order valence-corrected chi connectivity index (χ0v) is 11.9. The number of anilines is 1. The van der Waals surface area contributed by atoms with E-state index in [0.717, 1.165) is 18.5 Å². The van der Waals surface area contributed by atoms with Gasteiger partial charge in [0.05, 0.1) is 5.69 Å². The molecule has 1 aromatic carbocycles. The fourth-order valence-electron chi connectivity index (χ4n) is 2.17. The molecule has 0 spiro atoms. The summed E-state index contributed by atoms with van der Waals surface area (Å²) in [4.78, 5) is 24.7. The third-order valence-corrected chi connectivity index (χ3v) is 3.30. The third-order valence-electron chi connectivity index (χ3n) is 3.30. The van der Waals surface area contributed by atoms with E-state index >= 15 is 0 Å². The smallest absolute Gasteiger partial charge is 0.259 e. The number of rotatable bonds is 5. The minimum Gasteiger partial charge on any atom is -0.362 e. The molecular weight excluding hydrogens is 256 g/mol. The van der Waals surface area contributed by atoms with Gasteiger partial charge in [-0.3, -0.25) is 9.59 Å². The van der Waals surface area contributed by atoms with Crippen molar-refractivity contribution in [2.45, 2.75) is 26.3 Å². The van der Waals surface area contributed by atoms with Crippen LogP contribution in [0.5, 0.6) is 0 Å². The first kappa shape index (κ1) is 14.7. The Bertz CT molecular complexity index is 468. The minimum absolute atomic E-state index is 0.0397. The molecule has 1 fully saturated rings. The van der Waals surface area contributed by atoms with E-state index in [4.69, 9.17) is 4.74 Å². The summed E-state index contributed by atoms with van der Waals surface area (Å²) in [7, 11) is 0. The van der Waals surface area contributed by atoms with Crippen LogP contribution < -0.4 is 10.2 Å². The first-order valence-electron chi connectivity index (χ1n) is 6.90. The van der Waals surface area contributed by atoms with Crippen LogP contribution in [-0.2, 0) is 14.3 Å². The highest BCUT2D eigenvalue weighted by Gasteiger charge is 2.27. The molecule has 0 aromatic heterocycles. The summed E-state index contributed by atoms with van der Waals surface area (Å²) in [5.41, 5.74) is 1.74. The molecular formula is C15H20N2O3. The molecule has 2 rings (SSSR count). The summed E-state index contributed by atoms with van der Waals surface area (Å²) in [5.74, 6) is -0.627. The van der Waals surface area contributed by atoms with Crippen LogP contribution in [0, 0.1) is 0 Å². The van der Waals surface area contributed by atoms with Gasteiger partial charge >= 0.3 is 0 Å². The second-order valence-corrected chi connectivity index (χ2v) is 4.88. The molecule has 1 atom stereocenters. The summed E-state index contributed by atoms with van der Waals surface area (Å²) >= 11 is 0. The van der Waals surface area contributed by atoms with E-state index in [2.05, 4.69) is 19.2 Å². The van der Waals surface area contributed by atoms with Crippen LogP contribution in [0.2, 0.25) is 0 Å². The second-order valence-electron chi connectivity index (χ2n) is 4.88. The van der Waals surface area contributed by atoms with Crippen LogP contribution in [0.15, 0.2) is 24.3 Å². The van der Waals surface area contributed by atoms with Crippen LogP contribution in [0.4, 0.5) is 5.69 Å². The second kappa shape index (κ2) is 6.63. The van der Waals surface area contributed by atoms with Crippen LogP contribution in [0.3, 0.4) is 0 Å². The van der Waals surface area contributed by atoms with Gasteiger partial charge in [-0.2, -0.15) is 0 Å². The number of ether oxygens (including phenoxy) is 1. The zero-order chi connectivity index (χ0) is 14.5. The average Bonchev–Trinajstić information content (AvgIpc) is 2.45. The molecule has 0 radical (unpaired) electrons. The maximum absolute atomic E-state index is 11.7. The van der Waals surface area contributed by atoms with Gasteiger partial charge in [0.2, 0.25) is 0 Å². The fourth-order valence-corrected chi connectivity index (χ4v) is 2.17. The largest absolute Gasteiger partial charge is 0.362 e. The Labute approximate surface area is 118 Å². The van der Waals surface area contributed by atoms with Gasteiger partial charge in [-0.05, 0) is 37.6 Å². The van der Waals surface area contributed by atoms with Gasteiger partial charge in [0.25, 0.3) is 11.8 Å². The van der Waals surface area contributed by atoms with Crippen LogP contribution >= 0.6 is 0 Å². The van der Waals surface area contributed by atoms with Crippen molar-refractivity contribution in [3.63, 3.8) is 0 Å². The van der Waals surface area contributed by atoms with Crippen molar-refractivity contribution in [3.05, 3.63) is 29.8 Å². The summed E-state index contributed by atoms with van der Waals surface area (Å²) in [6.07, 6.45) is 1.08. The number of morpholine rings is 1. The van der Waals surface area contributed by atoms with Crippen LogP contribution in [-0.4, -0.2) is 31.6 Å². The molecule has 108 valence electrons. The molecule has 0 saturated carbocycles. The highest BCUT2D eigenvalue weighted by Crippen LogP contribution is 2.21. The first-order chi connectivity index (χ1) is 9.63. The number of hydrogen-bond donors (Lipinski definition) is 1. The SMILES string of the molecule is CCCNC(C)c1ccc(N2C(=O)COCC2=O)cc1.